The van der Waals surface area contributed by atoms with Gasteiger partial charge in [-0.3, -0.25) is 4.79 Å². The second-order valence-electron chi connectivity index (χ2n) is 3.41. The molecule has 94 valence electrons. The lowest BCUT2D eigenvalue weighted by Crippen LogP contribution is -2.15. The molecule has 17 heavy (non-hydrogen) atoms. The highest BCUT2D eigenvalue weighted by molar-refractivity contribution is 9.10. The number of aliphatic carboxylic acids is 1. The number of hydrogen-bond acceptors (Lipinski definition) is 4. The summed E-state index contributed by atoms with van der Waals surface area (Å²) in [5.41, 5.74) is 6.48. The van der Waals surface area contributed by atoms with Crippen molar-refractivity contribution in [2.24, 2.45) is 5.73 Å². The quantitative estimate of drug-likeness (QED) is 0.869. The van der Waals surface area contributed by atoms with Crippen LogP contribution in [0.15, 0.2) is 16.6 Å². The van der Waals surface area contributed by atoms with Gasteiger partial charge in [0, 0.05) is 6.04 Å². The number of ether oxygens (including phenoxy) is 2. The van der Waals surface area contributed by atoms with E-state index in [1.165, 1.54) is 14.2 Å². The molecule has 0 fully saturated rings. The molecule has 1 aromatic carbocycles. The minimum Gasteiger partial charge on any atom is -0.493 e. The van der Waals surface area contributed by atoms with Crippen LogP contribution in [0.3, 0.4) is 0 Å². The van der Waals surface area contributed by atoms with E-state index in [9.17, 15) is 4.79 Å². The summed E-state index contributed by atoms with van der Waals surface area (Å²) in [4.78, 5) is 10.6. The van der Waals surface area contributed by atoms with Crippen molar-refractivity contribution >= 4 is 21.9 Å². The largest absolute Gasteiger partial charge is 0.493 e. The topological polar surface area (TPSA) is 81.8 Å². The van der Waals surface area contributed by atoms with E-state index in [4.69, 9.17) is 20.3 Å². The minimum atomic E-state index is -0.945. The van der Waals surface area contributed by atoms with Crippen LogP contribution < -0.4 is 15.2 Å². The molecule has 0 aliphatic carbocycles. The monoisotopic (exact) mass is 303 g/mol. The van der Waals surface area contributed by atoms with E-state index in [0.717, 1.165) is 0 Å². The van der Waals surface area contributed by atoms with Gasteiger partial charge in [-0.15, -0.1) is 0 Å². The maximum absolute atomic E-state index is 10.6. The number of carboxylic acid groups (broad SMARTS) is 1. The zero-order valence-corrected chi connectivity index (χ0v) is 11.2. The molecular weight excluding hydrogens is 290 g/mol. The maximum Gasteiger partial charge on any atom is 0.305 e. The lowest BCUT2D eigenvalue weighted by atomic mass is 10.0. The van der Waals surface area contributed by atoms with Crippen molar-refractivity contribution < 1.29 is 19.4 Å². The molecule has 1 aromatic rings. The van der Waals surface area contributed by atoms with Gasteiger partial charge in [-0.1, -0.05) is 6.07 Å². The van der Waals surface area contributed by atoms with E-state index >= 15 is 0 Å². The molecule has 0 bridgehead atoms. The number of halogens is 1. The average molecular weight is 304 g/mol. The molecule has 0 amide bonds. The fourth-order valence-corrected chi connectivity index (χ4v) is 2.27. The van der Waals surface area contributed by atoms with Gasteiger partial charge in [-0.25, -0.2) is 0 Å². The van der Waals surface area contributed by atoms with Crippen molar-refractivity contribution in [3.8, 4) is 11.5 Å². The molecule has 0 aliphatic rings. The fraction of sp³-hybridized carbons (Fsp3) is 0.364. The lowest BCUT2D eigenvalue weighted by Gasteiger charge is -2.16. The molecule has 5 nitrogen and oxygen atoms in total. The lowest BCUT2D eigenvalue weighted by molar-refractivity contribution is -0.137. The summed E-state index contributed by atoms with van der Waals surface area (Å²) in [5.74, 6) is 0.121. The highest BCUT2D eigenvalue weighted by atomic mass is 79.9. The Hall–Kier alpha value is -1.27. The normalized spacial score (nSPS) is 12.0. The molecule has 6 heteroatoms. The van der Waals surface area contributed by atoms with Gasteiger partial charge in [-0.05, 0) is 27.6 Å². The molecule has 1 unspecified atom stereocenters. The summed E-state index contributed by atoms with van der Waals surface area (Å²) in [7, 11) is 3.04. The molecule has 0 saturated carbocycles. The molecule has 0 aliphatic heterocycles. The molecule has 0 heterocycles. The Morgan fingerprint density at radius 2 is 2.12 bits per heavy atom. The molecule has 1 atom stereocenters. The first-order valence-corrected chi connectivity index (χ1v) is 5.68. The van der Waals surface area contributed by atoms with Crippen LogP contribution in [0.2, 0.25) is 0 Å². The first-order valence-electron chi connectivity index (χ1n) is 4.89. The second kappa shape index (κ2) is 5.88. The minimum absolute atomic E-state index is 0.145. The number of nitrogens with two attached hydrogens (primary N) is 1. The summed E-state index contributed by atoms with van der Waals surface area (Å²) in [5, 5.41) is 8.71. The zero-order valence-electron chi connectivity index (χ0n) is 9.57. The Labute approximate surface area is 108 Å². The molecule has 3 N–H and O–H groups in total. The highest BCUT2D eigenvalue weighted by Gasteiger charge is 2.18. The van der Waals surface area contributed by atoms with Gasteiger partial charge in [0.1, 0.15) is 0 Å². The van der Waals surface area contributed by atoms with E-state index < -0.39 is 12.0 Å². The van der Waals surface area contributed by atoms with Crippen molar-refractivity contribution in [1.29, 1.82) is 0 Å². The SMILES string of the molecule is COc1ccc(C(N)CC(=O)O)c(Br)c1OC. The van der Waals surface area contributed by atoms with Crippen LogP contribution in [-0.4, -0.2) is 25.3 Å². The summed E-state index contributed by atoms with van der Waals surface area (Å²) in [6.07, 6.45) is -0.145. The smallest absolute Gasteiger partial charge is 0.305 e. The highest BCUT2D eigenvalue weighted by Crippen LogP contribution is 2.39. The molecule has 0 saturated heterocycles. The first-order chi connectivity index (χ1) is 8.01. The van der Waals surface area contributed by atoms with Gasteiger partial charge >= 0.3 is 5.97 Å². The molecular formula is C11H14BrNO4. The van der Waals surface area contributed by atoms with Gasteiger partial charge in [0.25, 0.3) is 0 Å². The van der Waals surface area contributed by atoms with Crippen molar-refractivity contribution in [3.63, 3.8) is 0 Å². The van der Waals surface area contributed by atoms with Crippen molar-refractivity contribution in [1.82, 2.24) is 0 Å². The van der Waals surface area contributed by atoms with Crippen LogP contribution in [0.1, 0.15) is 18.0 Å². The zero-order chi connectivity index (χ0) is 13.0. The van der Waals surface area contributed by atoms with Gasteiger partial charge in [0.15, 0.2) is 11.5 Å². The number of benzene rings is 1. The predicted octanol–water partition coefficient (Wildman–Crippen LogP) is 1.94. The van der Waals surface area contributed by atoms with Gasteiger partial charge in [-0.2, -0.15) is 0 Å². The summed E-state index contributed by atoms with van der Waals surface area (Å²) in [6, 6.07) is 2.82. The number of methoxy groups -OCH3 is 2. The van der Waals surface area contributed by atoms with Crippen LogP contribution in [0.4, 0.5) is 0 Å². The maximum atomic E-state index is 10.6. The Bertz CT molecular complexity index is 422. The van der Waals surface area contributed by atoms with Crippen molar-refractivity contribution in [2.75, 3.05) is 14.2 Å². The molecule has 0 aromatic heterocycles. The van der Waals surface area contributed by atoms with E-state index in [0.29, 0.717) is 21.5 Å². The fourth-order valence-electron chi connectivity index (χ4n) is 1.49. The van der Waals surface area contributed by atoms with Crippen LogP contribution in [-0.2, 0) is 4.79 Å². The van der Waals surface area contributed by atoms with Crippen molar-refractivity contribution in [2.45, 2.75) is 12.5 Å². The molecule has 0 spiro atoms. The summed E-state index contributed by atoms with van der Waals surface area (Å²) >= 11 is 3.35. The van der Waals surface area contributed by atoms with E-state index in [1.807, 2.05) is 0 Å². The standard InChI is InChI=1S/C11H14BrNO4/c1-16-8-4-3-6(7(13)5-9(14)15)10(12)11(8)17-2/h3-4,7H,5,13H2,1-2H3,(H,14,15). The number of hydrogen-bond donors (Lipinski definition) is 2. The van der Waals surface area contributed by atoms with Crippen LogP contribution >= 0.6 is 15.9 Å². The third-order valence-electron chi connectivity index (χ3n) is 2.31. The van der Waals surface area contributed by atoms with E-state index in [-0.39, 0.29) is 6.42 Å². The number of carboxylic acids is 1. The second-order valence-corrected chi connectivity index (χ2v) is 4.20. The third kappa shape index (κ3) is 3.10. The third-order valence-corrected chi connectivity index (χ3v) is 3.13. The Balaban J connectivity index is 3.14. The Kier molecular flexibility index (Phi) is 4.77. The van der Waals surface area contributed by atoms with Crippen LogP contribution in [0.25, 0.3) is 0 Å². The van der Waals surface area contributed by atoms with E-state index in [1.54, 1.807) is 12.1 Å². The predicted molar refractivity (Wildman–Crippen MR) is 66.4 cm³/mol. The summed E-state index contributed by atoms with van der Waals surface area (Å²) in [6.45, 7) is 0. The summed E-state index contributed by atoms with van der Waals surface area (Å²) < 4.78 is 10.9. The Morgan fingerprint density at radius 3 is 2.59 bits per heavy atom. The van der Waals surface area contributed by atoms with E-state index in [2.05, 4.69) is 15.9 Å². The Morgan fingerprint density at radius 1 is 1.47 bits per heavy atom. The van der Waals surface area contributed by atoms with Gasteiger partial charge < -0.3 is 20.3 Å². The van der Waals surface area contributed by atoms with Gasteiger partial charge in [0.05, 0.1) is 25.1 Å². The molecule has 1 rings (SSSR count). The van der Waals surface area contributed by atoms with Crippen LogP contribution in [0.5, 0.6) is 11.5 Å². The number of carbonyl (C=O) groups is 1. The van der Waals surface area contributed by atoms with Gasteiger partial charge in [0.2, 0.25) is 0 Å². The molecule has 0 radical (unpaired) electrons. The van der Waals surface area contributed by atoms with Crippen LogP contribution in [0, 0.1) is 0 Å². The number of rotatable bonds is 5. The average Bonchev–Trinajstić information content (AvgIpc) is 2.27. The van der Waals surface area contributed by atoms with Crippen molar-refractivity contribution in [3.05, 3.63) is 22.2 Å². The first kappa shape index (κ1) is 13.8.